The van der Waals surface area contributed by atoms with Crippen LogP contribution in [0, 0.1) is 5.41 Å². The molecule has 2 aromatic rings. The van der Waals surface area contributed by atoms with E-state index in [4.69, 9.17) is 0 Å². The van der Waals surface area contributed by atoms with Crippen molar-refractivity contribution < 1.29 is 9.90 Å². The van der Waals surface area contributed by atoms with Gasteiger partial charge in [0.2, 0.25) is 0 Å². The summed E-state index contributed by atoms with van der Waals surface area (Å²) in [6, 6.07) is 9.56. The molecule has 6 nitrogen and oxygen atoms in total. The van der Waals surface area contributed by atoms with Gasteiger partial charge >= 0.3 is 6.03 Å². The predicted molar refractivity (Wildman–Crippen MR) is 96.4 cm³/mol. The minimum absolute atomic E-state index is 0.205. The van der Waals surface area contributed by atoms with Gasteiger partial charge in [-0.15, -0.1) is 0 Å². The molecule has 1 heterocycles. The zero-order chi connectivity index (χ0) is 17.7. The van der Waals surface area contributed by atoms with Crippen LogP contribution in [0.4, 0.5) is 4.79 Å². The minimum Gasteiger partial charge on any atom is -0.392 e. The fraction of sp³-hybridized carbons (Fsp3) is 0.474. The second-order valence-electron chi connectivity index (χ2n) is 7.07. The average Bonchev–Trinajstić information content (AvgIpc) is 3.16. The zero-order valence-corrected chi connectivity index (χ0v) is 14.6. The predicted octanol–water partition coefficient (Wildman–Crippen LogP) is 2.61. The Balaban J connectivity index is 1.50. The van der Waals surface area contributed by atoms with Crippen LogP contribution in [-0.2, 0) is 6.54 Å². The number of aliphatic hydroxyl groups excluding tert-OH is 1. The summed E-state index contributed by atoms with van der Waals surface area (Å²) in [7, 11) is 0. The molecule has 134 valence electrons. The normalized spacial score (nSPS) is 23.2. The number of amides is 2. The number of benzene rings is 1. The van der Waals surface area contributed by atoms with Crippen LogP contribution in [-0.4, -0.2) is 33.6 Å². The fourth-order valence-corrected chi connectivity index (χ4v) is 3.35. The molecule has 1 aliphatic carbocycles. The summed E-state index contributed by atoms with van der Waals surface area (Å²) in [4.78, 5) is 12.1. The fourth-order valence-electron chi connectivity index (χ4n) is 3.35. The molecule has 2 amide bonds. The minimum atomic E-state index is -0.340. The lowest BCUT2D eigenvalue weighted by atomic mass is 9.73. The Hall–Kier alpha value is -2.34. The van der Waals surface area contributed by atoms with Gasteiger partial charge in [0.1, 0.15) is 0 Å². The van der Waals surface area contributed by atoms with E-state index in [1.807, 2.05) is 43.5 Å². The van der Waals surface area contributed by atoms with Gasteiger partial charge in [-0.2, -0.15) is 5.10 Å². The van der Waals surface area contributed by atoms with Crippen molar-refractivity contribution in [3.05, 3.63) is 48.3 Å². The van der Waals surface area contributed by atoms with Gasteiger partial charge in [-0.05, 0) is 36.6 Å². The van der Waals surface area contributed by atoms with Crippen LogP contribution in [0.25, 0.3) is 5.69 Å². The molecule has 1 aliphatic rings. The van der Waals surface area contributed by atoms with E-state index in [9.17, 15) is 9.90 Å². The molecular weight excluding hydrogens is 316 g/mol. The third kappa shape index (κ3) is 4.39. The highest BCUT2D eigenvalue weighted by atomic mass is 16.3. The van der Waals surface area contributed by atoms with Crippen LogP contribution in [0.2, 0.25) is 0 Å². The molecule has 0 bridgehead atoms. The van der Waals surface area contributed by atoms with Crippen molar-refractivity contribution in [2.24, 2.45) is 5.41 Å². The van der Waals surface area contributed by atoms with Crippen LogP contribution in [0.3, 0.4) is 0 Å². The number of nitrogens with zero attached hydrogens (tertiary/aromatic N) is 2. The van der Waals surface area contributed by atoms with Crippen LogP contribution >= 0.6 is 0 Å². The quantitative estimate of drug-likeness (QED) is 0.781. The van der Waals surface area contributed by atoms with Crippen LogP contribution < -0.4 is 10.6 Å². The number of rotatable bonds is 5. The third-order valence-corrected chi connectivity index (χ3v) is 5.07. The van der Waals surface area contributed by atoms with Crippen LogP contribution in [0.1, 0.15) is 38.2 Å². The van der Waals surface area contributed by atoms with Crippen molar-refractivity contribution >= 4 is 6.03 Å². The Kier molecular flexibility index (Phi) is 5.38. The number of aliphatic hydroxyl groups is 1. The van der Waals surface area contributed by atoms with Crippen molar-refractivity contribution in [3.63, 3.8) is 0 Å². The smallest absolute Gasteiger partial charge is 0.315 e. The van der Waals surface area contributed by atoms with Gasteiger partial charge < -0.3 is 15.7 Å². The molecule has 3 rings (SSSR count). The standard InChI is InChI=1S/C19H26N4O2/c1-19(9-3-2-8-17(19)24)14-21-18(25)20-13-15-6-4-7-16(12-15)23-11-5-10-22-23/h4-7,10-12,17,24H,2-3,8-9,13-14H2,1H3,(H2,20,21,25). The number of carbonyl (C=O) groups excluding carboxylic acids is 1. The largest absolute Gasteiger partial charge is 0.392 e. The van der Waals surface area contributed by atoms with Crippen molar-refractivity contribution in [3.8, 4) is 5.69 Å². The Morgan fingerprint density at radius 3 is 3.00 bits per heavy atom. The Morgan fingerprint density at radius 1 is 1.36 bits per heavy atom. The summed E-state index contributed by atoms with van der Waals surface area (Å²) in [5.41, 5.74) is 1.74. The molecular formula is C19H26N4O2. The second-order valence-corrected chi connectivity index (χ2v) is 7.07. The zero-order valence-electron chi connectivity index (χ0n) is 14.6. The summed E-state index contributed by atoms with van der Waals surface area (Å²) in [5, 5.41) is 20.2. The Bertz CT molecular complexity index is 701. The average molecular weight is 342 g/mol. The SMILES string of the molecule is CC1(CNC(=O)NCc2cccc(-n3cccn3)c2)CCCCC1O. The van der Waals surface area contributed by atoms with Gasteiger partial charge in [0, 0.05) is 30.9 Å². The van der Waals surface area contributed by atoms with E-state index in [0.29, 0.717) is 13.1 Å². The van der Waals surface area contributed by atoms with E-state index >= 15 is 0 Å². The maximum atomic E-state index is 12.1. The molecule has 2 atom stereocenters. The number of aromatic nitrogens is 2. The summed E-state index contributed by atoms with van der Waals surface area (Å²) in [5.74, 6) is 0. The molecule has 0 radical (unpaired) electrons. The van der Waals surface area contributed by atoms with Crippen molar-refractivity contribution in [2.45, 2.75) is 45.3 Å². The Labute approximate surface area is 148 Å². The molecule has 0 aliphatic heterocycles. The third-order valence-electron chi connectivity index (χ3n) is 5.07. The molecule has 1 aromatic heterocycles. The molecule has 1 saturated carbocycles. The highest BCUT2D eigenvalue weighted by Crippen LogP contribution is 2.35. The lowest BCUT2D eigenvalue weighted by molar-refractivity contribution is 0.00309. The first-order valence-electron chi connectivity index (χ1n) is 8.86. The monoisotopic (exact) mass is 342 g/mol. The van der Waals surface area contributed by atoms with Gasteiger partial charge in [0.05, 0.1) is 11.8 Å². The van der Waals surface area contributed by atoms with E-state index in [1.165, 1.54) is 0 Å². The van der Waals surface area contributed by atoms with Gasteiger partial charge in [0.25, 0.3) is 0 Å². The van der Waals surface area contributed by atoms with Gasteiger partial charge in [-0.1, -0.05) is 31.9 Å². The first kappa shape index (κ1) is 17.5. The van der Waals surface area contributed by atoms with E-state index in [1.54, 1.807) is 10.9 Å². The molecule has 25 heavy (non-hydrogen) atoms. The highest BCUT2D eigenvalue weighted by Gasteiger charge is 2.35. The maximum Gasteiger partial charge on any atom is 0.315 e. The number of urea groups is 1. The molecule has 0 saturated heterocycles. The molecule has 1 aromatic carbocycles. The molecule has 3 N–H and O–H groups in total. The topological polar surface area (TPSA) is 79.2 Å². The van der Waals surface area contributed by atoms with Gasteiger partial charge in [-0.25, -0.2) is 9.48 Å². The van der Waals surface area contributed by atoms with E-state index < -0.39 is 0 Å². The molecule has 6 heteroatoms. The number of carbonyl (C=O) groups is 1. The van der Waals surface area contributed by atoms with Crippen molar-refractivity contribution in [1.82, 2.24) is 20.4 Å². The lowest BCUT2D eigenvalue weighted by Gasteiger charge is -2.38. The number of hydrogen-bond donors (Lipinski definition) is 3. The van der Waals surface area contributed by atoms with Crippen molar-refractivity contribution in [1.29, 1.82) is 0 Å². The lowest BCUT2D eigenvalue weighted by Crippen LogP contribution is -2.47. The first-order valence-corrected chi connectivity index (χ1v) is 8.86. The van der Waals surface area contributed by atoms with E-state index in [2.05, 4.69) is 15.7 Å². The number of hydrogen-bond acceptors (Lipinski definition) is 3. The van der Waals surface area contributed by atoms with Crippen LogP contribution in [0.15, 0.2) is 42.7 Å². The molecule has 0 spiro atoms. The molecule has 2 unspecified atom stereocenters. The molecule has 1 fully saturated rings. The second kappa shape index (κ2) is 7.70. The van der Waals surface area contributed by atoms with Gasteiger partial charge in [-0.3, -0.25) is 0 Å². The highest BCUT2D eigenvalue weighted by molar-refractivity contribution is 5.73. The van der Waals surface area contributed by atoms with Crippen LogP contribution in [0.5, 0.6) is 0 Å². The number of nitrogens with one attached hydrogen (secondary N) is 2. The van der Waals surface area contributed by atoms with E-state index in [-0.39, 0.29) is 17.6 Å². The maximum absolute atomic E-state index is 12.1. The summed E-state index contributed by atoms with van der Waals surface area (Å²) < 4.78 is 1.79. The van der Waals surface area contributed by atoms with Gasteiger partial charge in [0.15, 0.2) is 0 Å². The summed E-state index contributed by atoms with van der Waals surface area (Å²) >= 11 is 0. The Morgan fingerprint density at radius 2 is 2.24 bits per heavy atom. The van der Waals surface area contributed by atoms with E-state index in [0.717, 1.165) is 36.9 Å². The summed E-state index contributed by atoms with van der Waals surface area (Å²) in [6.45, 7) is 2.98. The summed E-state index contributed by atoms with van der Waals surface area (Å²) in [6.07, 6.45) is 7.22. The first-order chi connectivity index (χ1) is 12.1. The van der Waals surface area contributed by atoms with Crippen molar-refractivity contribution in [2.75, 3.05) is 6.54 Å².